The predicted octanol–water partition coefficient (Wildman–Crippen LogP) is 0.264. The van der Waals surface area contributed by atoms with E-state index in [-0.39, 0.29) is 17.3 Å². The van der Waals surface area contributed by atoms with Gasteiger partial charge in [0.1, 0.15) is 11.6 Å². The number of anilines is 1. The Hall–Kier alpha value is -1.89. The van der Waals surface area contributed by atoms with E-state index in [9.17, 15) is 4.79 Å². The monoisotopic (exact) mass is 250 g/mol. The fraction of sp³-hybridized carbons (Fsp3) is 0.545. The first-order valence-electron chi connectivity index (χ1n) is 5.80. The number of rotatable bonds is 3. The summed E-state index contributed by atoms with van der Waals surface area (Å²) >= 11 is 0. The van der Waals surface area contributed by atoms with Gasteiger partial charge in [-0.05, 0) is 27.7 Å². The van der Waals surface area contributed by atoms with Crippen LogP contribution >= 0.6 is 0 Å². The second-order valence-corrected chi connectivity index (χ2v) is 5.05. The summed E-state index contributed by atoms with van der Waals surface area (Å²) in [5, 5.41) is 9.58. The first kappa shape index (κ1) is 12.6. The van der Waals surface area contributed by atoms with Crippen molar-refractivity contribution in [2.24, 2.45) is 5.73 Å². The fourth-order valence-electron chi connectivity index (χ4n) is 1.61. The van der Waals surface area contributed by atoms with Gasteiger partial charge < -0.3 is 11.1 Å². The molecule has 0 bridgehead atoms. The van der Waals surface area contributed by atoms with E-state index in [2.05, 4.69) is 20.5 Å². The molecule has 1 unspecified atom stereocenters. The van der Waals surface area contributed by atoms with E-state index in [0.717, 1.165) is 0 Å². The highest BCUT2D eigenvalue weighted by atomic mass is 16.1. The highest BCUT2D eigenvalue weighted by Gasteiger charge is 2.23. The summed E-state index contributed by atoms with van der Waals surface area (Å²) < 4.78 is 1.42. The van der Waals surface area contributed by atoms with Crippen LogP contribution in [-0.2, 0) is 0 Å². The lowest BCUT2D eigenvalue weighted by Crippen LogP contribution is -2.47. The van der Waals surface area contributed by atoms with E-state index in [1.807, 2.05) is 20.8 Å². The van der Waals surface area contributed by atoms with E-state index in [4.69, 9.17) is 5.73 Å². The van der Waals surface area contributed by atoms with Crippen LogP contribution in [0.4, 0.5) is 5.82 Å². The van der Waals surface area contributed by atoms with Crippen LogP contribution in [0, 0.1) is 6.92 Å². The Morgan fingerprint density at radius 3 is 2.83 bits per heavy atom. The molecule has 0 aliphatic rings. The summed E-state index contributed by atoms with van der Waals surface area (Å²) in [4.78, 5) is 15.8. The minimum absolute atomic E-state index is 0.0443. The Balaban J connectivity index is 2.45. The molecule has 7 nitrogen and oxygen atoms in total. The highest BCUT2D eigenvalue weighted by molar-refractivity contribution is 5.50. The number of hydrogen-bond acceptors (Lipinski definition) is 5. The summed E-state index contributed by atoms with van der Waals surface area (Å²) in [6, 6.07) is 1.67. The summed E-state index contributed by atoms with van der Waals surface area (Å²) in [7, 11) is 0. The van der Waals surface area contributed by atoms with E-state index in [1.54, 1.807) is 13.0 Å². The Morgan fingerprint density at radius 2 is 2.22 bits per heavy atom. The standard InChI is InChI=1S/C11H18N6O/c1-6(12)11(3,4)14-8-5-9-15-16-10(18)17(9)7(2)13-8/h5-6,14H,12H2,1-4H3,(H,16,18). The number of aromatic nitrogens is 4. The van der Waals surface area contributed by atoms with Gasteiger partial charge in [0, 0.05) is 17.6 Å². The smallest absolute Gasteiger partial charge is 0.349 e. The SMILES string of the molecule is Cc1nc(NC(C)(C)C(C)N)cc2n[nH]c(=O)n12. The maximum atomic E-state index is 11.5. The molecule has 0 radical (unpaired) electrons. The zero-order valence-corrected chi connectivity index (χ0v) is 11.0. The quantitative estimate of drug-likeness (QED) is 0.725. The molecule has 2 aromatic rings. The average Bonchev–Trinajstić information content (AvgIpc) is 2.59. The normalized spacial score (nSPS) is 13.8. The van der Waals surface area contributed by atoms with Crippen molar-refractivity contribution in [3.05, 3.63) is 22.4 Å². The number of nitrogens with zero attached hydrogens (tertiary/aromatic N) is 3. The van der Waals surface area contributed by atoms with Crippen molar-refractivity contribution in [1.82, 2.24) is 19.6 Å². The molecule has 0 fully saturated rings. The van der Waals surface area contributed by atoms with Gasteiger partial charge in [-0.25, -0.2) is 19.3 Å². The molecular weight excluding hydrogens is 232 g/mol. The fourth-order valence-corrected chi connectivity index (χ4v) is 1.61. The van der Waals surface area contributed by atoms with Gasteiger partial charge in [-0.1, -0.05) is 0 Å². The molecule has 4 N–H and O–H groups in total. The third kappa shape index (κ3) is 2.08. The molecule has 0 spiro atoms. The van der Waals surface area contributed by atoms with Crippen LogP contribution in [0.25, 0.3) is 5.65 Å². The molecule has 98 valence electrons. The van der Waals surface area contributed by atoms with Crippen molar-refractivity contribution in [3.63, 3.8) is 0 Å². The molecule has 1 atom stereocenters. The number of fused-ring (bicyclic) bond motifs is 1. The Morgan fingerprint density at radius 1 is 1.56 bits per heavy atom. The Kier molecular flexibility index (Phi) is 2.86. The van der Waals surface area contributed by atoms with Crippen LogP contribution in [0.5, 0.6) is 0 Å². The van der Waals surface area contributed by atoms with Crippen molar-refractivity contribution in [2.75, 3.05) is 5.32 Å². The summed E-state index contributed by atoms with van der Waals surface area (Å²) in [5.41, 5.74) is 5.86. The molecule has 0 amide bonds. The van der Waals surface area contributed by atoms with E-state index < -0.39 is 0 Å². The molecular formula is C11H18N6O. The van der Waals surface area contributed by atoms with Gasteiger partial charge in [0.25, 0.3) is 0 Å². The third-order valence-electron chi connectivity index (χ3n) is 3.16. The number of nitrogens with one attached hydrogen (secondary N) is 2. The number of aryl methyl sites for hydroxylation is 1. The second kappa shape index (κ2) is 4.09. The molecule has 0 aliphatic carbocycles. The van der Waals surface area contributed by atoms with E-state index in [1.165, 1.54) is 4.40 Å². The van der Waals surface area contributed by atoms with Gasteiger partial charge in [-0.2, -0.15) is 5.10 Å². The van der Waals surface area contributed by atoms with Crippen LogP contribution in [0.2, 0.25) is 0 Å². The predicted molar refractivity (Wildman–Crippen MR) is 69.7 cm³/mol. The first-order chi connectivity index (χ1) is 8.31. The van der Waals surface area contributed by atoms with Crippen molar-refractivity contribution in [1.29, 1.82) is 0 Å². The van der Waals surface area contributed by atoms with Gasteiger partial charge in [0.2, 0.25) is 0 Å². The molecule has 7 heteroatoms. The molecule has 0 aliphatic heterocycles. The molecule has 0 aromatic carbocycles. The van der Waals surface area contributed by atoms with Crippen LogP contribution in [0.3, 0.4) is 0 Å². The Labute approximate surface area is 104 Å². The average molecular weight is 250 g/mol. The topological polar surface area (TPSA) is 101 Å². The summed E-state index contributed by atoms with van der Waals surface area (Å²) in [6.45, 7) is 7.68. The van der Waals surface area contributed by atoms with Crippen molar-refractivity contribution >= 4 is 11.5 Å². The largest absolute Gasteiger partial charge is 0.363 e. The van der Waals surface area contributed by atoms with E-state index >= 15 is 0 Å². The lowest BCUT2D eigenvalue weighted by atomic mass is 9.97. The van der Waals surface area contributed by atoms with Crippen molar-refractivity contribution in [3.8, 4) is 0 Å². The Bertz CT molecular complexity index is 624. The van der Waals surface area contributed by atoms with Crippen LogP contribution in [-0.4, -0.2) is 31.2 Å². The van der Waals surface area contributed by atoms with Crippen molar-refractivity contribution < 1.29 is 0 Å². The molecule has 2 rings (SSSR count). The minimum atomic E-state index is -0.297. The zero-order chi connectivity index (χ0) is 13.5. The number of hydrogen-bond donors (Lipinski definition) is 3. The van der Waals surface area contributed by atoms with Gasteiger partial charge in [0.15, 0.2) is 5.65 Å². The molecule has 2 heterocycles. The lowest BCUT2D eigenvalue weighted by molar-refractivity contribution is 0.469. The maximum Gasteiger partial charge on any atom is 0.349 e. The number of nitrogens with two attached hydrogens (primary N) is 1. The molecule has 0 saturated carbocycles. The second-order valence-electron chi connectivity index (χ2n) is 5.05. The van der Waals surface area contributed by atoms with Crippen molar-refractivity contribution in [2.45, 2.75) is 39.3 Å². The van der Waals surface area contributed by atoms with Crippen LogP contribution in [0.1, 0.15) is 26.6 Å². The highest BCUT2D eigenvalue weighted by Crippen LogP contribution is 2.16. The molecule has 18 heavy (non-hydrogen) atoms. The van der Waals surface area contributed by atoms with E-state index in [0.29, 0.717) is 17.3 Å². The first-order valence-corrected chi connectivity index (χ1v) is 5.80. The van der Waals surface area contributed by atoms with Crippen LogP contribution in [0.15, 0.2) is 10.9 Å². The molecule has 0 saturated heterocycles. The van der Waals surface area contributed by atoms with Gasteiger partial charge in [-0.3, -0.25) is 0 Å². The number of aromatic amines is 1. The van der Waals surface area contributed by atoms with Crippen LogP contribution < -0.4 is 16.7 Å². The van der Waals surface area contributed by atoms with Gasteiger partial charge >= 0.3 is 5.69 Å². The van der Waals surface area contributed by atoms with Gasteiger partial charge in [-0.15, -0.1) is 0 Å². The zero-order valence-electron chi connectivity index (χ0n) is 11.0. The summed E-state index contributed by atoms with van der Waals surface area (Å²) in [5.74, 6) is 1.23. The summed E-state index contributed by atoms with van der Waals surface area (Å²) in [6.07, 6.45) is 0. The minimum Gasteiger partial charge on any atom is -0.363 e. The molecule has 2 aromatic heterocycles. The maximum absolute atomic E-state index is 11.5. The number of H-pyrrole nitrogens is 1. The lowest BCUT2D eigenvalue weighted by Gasteiger charge is -2.30. The van der Waals surface area contributed by atoms with Gasteiger partial charge in [0.05, 0.1) is 0 Å². The third-order valence-corrected chi connectivity index (χ3v) is 3.16.